The van der Waals surface area contributed by atoms with Crippen LogP contribution in [0.3, 0.4) is 0 Å². The Morgan fingerprint density at radius 2 is 1.95 bits per heavy atom. The molecule has 1 saturated heterocycles. The van der Waals surface area contributed by atoms with Gasteiger partial charge in [0.05, 0.1) is 13.2 Å². The van der Waals surface area contributed by atoms with Gasteiger partial charge >= 0.3 is 5.97 Å². The molecule has 0 radical (unpaired) electrons. The topological polar surface area (TPSA) is 83.1 Å². The quantitative estimate of drug-likeness (QED) is 0.517. The van der Waals surface area contributed by atoms with E-state index >= 15 is 0 Å². The molecule has 2 aromatic carbocycles. The van der Waals surface area contributed by atoms with Gasteiger partial charge in [-0.3, -0.25) is 9.59 Å². The first-order valence-electron chi connectivity index (χ1n) is 12.9. The Morgan fingerprint density at radius 3 is 2.70 bits per heavy atom. The van der Waals surface area contributed by atoms with Crippen molar-refractivity contribution in [3.05, 3.63) is 83.2 Å². The fraction of sp³-hybridized carbons (Fsp3) is 0.400. The molecule has 3 atom stereocenters. The van der Waals surface area contributed by atoms with Crippen LogP contribution in [0.1, 0.15) is 49.1 Å². The molecule has 5 rings (SSSR count). The number of esters is 1. The van der Waals surface area contributed by atoms with Crippen LogP contribution in [0.5, 0.6) is 11.5 Å². The van der Waals surface area contributed by atoms with E-state index in [0.717, 1.165) is 42.5 Å². The molecule has 1 N–H and O–H groups in total. The average Bonchev–Trinajstić information content (AvgIpc) is 3.44. The normalized spacial score (nSPS) is 23.3. The lowest BCUT2D eigenvalue weighted by Crippen LogP contribution is -2.41. The van der Waals surface area contributed by atoms with Crippen molar-refractivity contribution in [1.82, 2.24) is 5.32 Å². The first-order valence-corrected chi connectivity index (χ1v) is 12.9. The molecule has 3 unspecified atom stereocenters. The van der Waals surface area contributed by atoms with E-state index in [1.54, 1.807) is 7.11 Å². The highest BCUT2D eigenvalue weighted by Gasteiger charge is 2.44. The lowest BCUT2D eigenvalue weighted by atomic mass is 9.71. The Labute approximate surface area is 217 Å². The second kappa shape index (κ2) is 11.2. The summed E-state index contributed by atoms with van der Waals surface area (Å²) in [4.78, 5) is 26.6. The summed E-state index contributed by atoms with van der Waals surface area (Å²) in [5.74, 6) is -0.509. The maximum atomic E-state index is 13.4. The fourth-order valence-electron chi connectivity index (χ4n) is 5.40. The van der Waals surface area contributed by atoms with Crippen molar-refractivity contribution in [2.45, 2.75) is 50.7 Å². The number of benzene rings is 2. The van der Waals surface area contributed by atoms with Crippen molar-refractivity contribution in [2.75, 3.05) is 20.3 Å². The van der Waals surface area contributed by atoms with Crippen LogP contribution in [-0.4, -0.2) is 38.2 Å². The van der Waals surface area contributed by atoms with Gasteiger partial charge < -0.3 is 24.3 Å². The Balaban J connectivity index is 1.45. The lowest BCUT2D eigenvalue weighted by Gasteiger charge is -2.38. The predicted molar refractivity (Wildman–Crippen MR) is 138 cm³/mol. The average molecular weight is 504 g/mol. The number of ether oxygens (including phenoxy) is 4. The van der Waals surface area contributed by atoms with Gasteiger partial charge in [-0.25, -0.2) is 0 Å². The minimum Gasteiger partial charge on any atom is -0.493 e. The maximum absolute atomic E-state index is 13.4. The van der Waals surface area contributed by atoms with Crippen molar-refractivity contribution >= 4 is 11.8 Å². The zero-order chi connectivity index (χ0) is 25.8. The predicted octanol–water partition coefficient (Wildman–Crippen LogP) is 4.82. The molecule has 0 spiro atoms. The summed E-state index contributed by atoms with van der Waals surface area (Å²) in [6, 6.07) is 15.5. The number of carbonyl (C=O) groups excluding carboxylic acids is 2. The molecule has 7 heteroatoms. The first-order chi connectivity index (χ1) is 18.0. The van der Waals surface area contributed by atoms with Gasteiger partial charge in [-0.15, -0.1) is 0 Å². The molecule has 2 aromatic rings. The Kier molecular flexibility index (Phi) is 7.60. The summed E-state index contributed by atoms with van der Waals surface area (Å²) in [5.41, 5.74) is 3.85. The molecule has 0 bridgehead atoms. The van der Waals surface area contributed by atoms with Crippen LogP contribution in [0.2, 0.25) is 0 Å². The molecule has 37 heavy (non-hydrogen) atoms. The van der Waals surface area contributed by atoms with E-state index in [-0.39, 0.29) is 18.5 Å². The van der Waals surface area contributed by atoms with Gasteiger partial charge in [-0.05, 0) is 48.9 Å². The molecule has 3 aliphatic rings. The van der Waals surface area contributed by atoms with Gasteiger partial charge in [0, 0.05) is 35.9 Å². The van der Waals surface area contributed by atoms with Gasteiger partial charge in [0.2, 0.25) is 0 Å². The van der Waals surface area contributed by atoms with Crippen LogP contribution < -0.4 is 14.8 Å². The third-order valence-corrected chi connectivity index (χ3v) is 7.26. The molecule has 194 valence electrons. The van der Waals surface area contributed by atoms with E-state index in [9.17, 15) is 9.59 Å². The summed E-state index contributed by atoms with van der Waals surface area (Å²) >= 11 is 0. The Morgan fingerprint density at radius 1 is 1.11 bits per heavy atom. The van der Waals surface area contributed by atoms with E-state index in [1.807, 2.05) is 48.5 Å². The summed E-state index contributed by atoms with van der Waals surface area (Å²) in [6.07, 6.45) is 3.72. The summed E-state index contributed by atoms with van der Waals surface area (Å²) < 4.78 is 23.0. The highest BCUT2D eigenvalue weighted by molar-refractivity contribution is 6.00. The SMILES string of the molecule is C=C1NC2=C(C(=O)CCC2)C(c2ccc(OCc3ccccc3)c(OC)c2)C1C(=O)OCC1CCCO1. The third kappa shape index (κ3) is 5.42. The number of carbonyl (C=O) groups is 2. The number of rotatable bonds is 8. The second-order valence-electron chi connectivity index (χ2n) is 9.72. The number of methoxy groups -OCH3 is 1. The highest BCUT2D eigenvalue weighted by Crippen LogP contribution is 2.46. The number of hydrogen-bond acceptors (Lipinski definition) is 7. The van der Waals surface area contributed by atoms with Gasteiger partial charge in [-0.2, -0.15) is 0 Å². The standard InChI is InChI=1S/C30H33NO6/c1-19-27(30(33)37-18-22-10-7-15-35-22)28(29-23(31-19)11-6-12-24(29)32)21-13-14-25(26(16-21)34-2)36-17-20-8-4-3-5-9-20/h3-5,8-9,13-14,16,22,27-28,31H,1,6-7,10-12,15,17-18H2,2H3. The lowest BCUT2D eigenvalue weighted by molar-refractivity contribution is -0.151. The molecule has 2 heterocycles. The van der Waals surface area contributed by atoms with E-state index in [2.05, 4.69) is 11.9 Å². The molecule has 1 aliphatic carbocycles. The Bertz CT molecular complexity index is 1200. The molecular formula is C30H33NO6. The number of allylic oxidation sites excluding steroid dienone is 2. The molecule has 0 saturated carbocycles. The van der Waals surface area contributed by atoms with Gasteiger partial charge in [-0.1, -0.05) is 43.0 Å². The molecule has 2 aliphatic heterocycles. The van der Waals surface area contributed by atoms with Crippen molar-refractivity contribution in [2.24, 2.45) is 5.92 Å². The number of Topliss-reactive ketones (excluding diaryl/α,β-unsaturated/α-hetero) is 1. The van der Waals surface area contributed by atoms with Crippen LogP contribution in [-0.2, 0) is 25.7 Å². The summed E-state index contributed by atoms with van der Waals surface area (Å²) in [5, 5.41) is 3.26. The Hall–Kier alpha value is -3.58. The van der Waals surface area contributed by atoms with E-state index in [4.69, 9.17) is 18.9 Å². The van der Waals surface area contributed by atoms with Crippen molar-refractivity contribution in [1.29, 1.82) is 0 Å². The zero-order valence-corrected chi connectivity index (χ0v) is 21.2. The van der Waals surface area contributed by atoms with Gasteiger partial charge in [0.15, 0.2) is 17.3 Å². The van der Waals surface area contributed by atoms with Gasteiger partial charge in [0.25, 0.3) is 0 Å². The van der Waals surface area contributed by atoms with Crippen molar-refractivity contribution in [3.8, 4) is 11.5 Å². The minimum absolute atomic E-state index is 0.0477. The zero-order valence-electron chi connectivity index (χ0n) is 21.2. The number of nitrogens with one attached hydrogen (secondary N) is 1. The van der Waals surface area contributed by atoms with E-state index < -0.39 is 17.8 Å². The van der Waals surface area contributed by atoms with E-state index in [1.165, 1.54) is 0 Å². The molecule has 7 nitrogen and oxygen atoms in total. The number of hydrogen-bond donors (Lipinski definition) is 1. The highest BCUT2D eigenvalue weighted by atomic mass is 16.6. The monoisotopic (exact) mass is 503 g/mol. The van der Waals surface area contributed by atoms with Crippen LogP contribution in [0.25, 0.3) is 0 Å². The summed E-state index contributed by atoms with van der Waals surface area (Å²) in [7, 11) is 1.58. The van der Waals surface area contributed by atoms with E-state index in [0.29, 0.717) is 42.4 Å². The summed E-state index contributed by atoms with van der Waals surface area (Å²) in [6.45, 7) is 5.45. The molecule has 0 amide bonds. The molecule has 1 fully saturated rings. The molecular weight excluding hydrogens is 470 g/mol. The van der Waals surface area contributed by atoms with Crippen LogP contribution >= 0.6 is 0 Å². The van der Waals surface area contributed by atoms with Crippen molar-refractivity contribution in [3.63, 3.8) is 0 Å². The van der Waals surface area contributed by atoms with Crippen LogP contribution in [0.4, 0.5) is 0 Å². The smallest absolute Gasteiger partial charge is 0.315 e. The first kappa shape index (κ1) is 25.1. The molecule has 0 aromatic heterocycles. The van der Waals surface area contributed by atoms with Gasteiger partial charge in [0.1, 0.15) is 19.1 Å². The van der Waals surface area contributed by atoms with Crippen LogP contribution in [0, 0.1) is 5.92 Å². The van der Waals surface area contributed by atoms with Crippen LogP contribution in [0.15, 0.2) is 72.1 Å². The third-order valence-electron chi connectivity index (χ3n) is 7.26. The largest absolute Gasteiger partial charge is 0.493 e. The van der Waals surface area contributed by atoms with Crippen molar-refractivity contribution < 1.29 is 28.5 Å². The second-order valence-corrected chi connectivity index (χ2v) is 9.72. The number of ketones is 1. The minimum atomic E-state index is -0.747. The fourth-order valence-corrected chi connectivity index (χ4v) is 5.40. The maximum Gasteiger partial charge on any atom is 0.315 e.